The third kappa shape index (κ3) is 4.41. The summed E-state index contributed by atoms with van der Waals surface area (Å²) in [5.41, 5.74) is 0.955. The van der Waals surface area contributed by atoms with Crippen molar-refractivity contribution in [2.24, 2.45) is 0 Å². The first-order valence-corrected chi connectivity index (χ1v) is 7.69. The largest absolute Gasteiger partial charge is 0.471 e. The Morgan fingerprint density at radius 2 is 2.08 bits per heavy atom. The Kier molecular flexibility index (Phi) is 5.56. The molecule has 0 bridgehead atoms. The number of halogens is 4. The summed E-state index contributed by atoms with van der Waals surface area (Å²) < 4.78 is 38.0. The lowest BCUT2D eigenvalue weighted by atomic mass is 10.1. The third-order valence-electron chi connectivity index (χ3n) is 3.75. The van der Waals surface area contributed by atoms with Crippen LogP contribution in [0.1, 0.15) is 12.0 Å². The van der Waals surface area contributed by atoms with Gasteiger partial charge in [0.05, 0.1) is 6.42 Å². The zero-order valence-electron chi connectivity index (χ0n) is 13.1. The number of piperazine rings is 1. The van der Waals surface area contributed by atoms with E-state index in [1.54, 1.807) is 25.1 Å². The summed E-state index contributed by atoms with van der Waals surface area (Å²) in [5, 5.41) is 5.26. The number of alkyl halides is 3. The number of hydrogen-bond acceptors (Lipinski definition) is 3. The first kappa shape index (κ1) is 19.0. The van der Waals surface area contributed by atoms with Crippen molar-refractivity contribution in [2.75, 3.05) is 18.4 Å². The van der Waals surface area contributed by atoms with Crippen molar-refractivity contribution in [1.29, 1.82) is 0 Å². The van der Waals surface area contributed by atoms with Crippen LogP contribution in [0.15, 0.2) is 18.2 Å². The summed E-state index contributed by atoms with van der Waals surface area (Å²) in [6.45, 7) is 1.23. The van der Waals surface area contributed by atoms with Crippen molar-refractivity contribution in [3.63, 3.8) is 0 Å². The third-order valence-corrected chi connectivity index (χ3v) is 4.16. The molecule has 0 spiro atoms. The number of anilines is 1. The fourth-order valence-corrected chi connectivity index (χ4v) is 2.62. The molecule has 0 aliphatic carbocycles. The Morgan fingerprint density at radius 3 is 2.72 bits per heavy atom. The van der Waals surface area contributed by atoms with Gasteiger partial charge >= 0.3 is 12.1 Å². The van der Waals surface area contributed by atoms with Crippen LogP contribution >= 0.6 is 11.6 Å². The molecule has 6 nitrogen and oxygen atoms in total. The van der Waals surface area contributed by atoms with Crippen molar-refractivity contribution in [1.82, 2.24) is 10.2 Å². The van der Waals surface area contributed by atoms with Gasteiger partial charge in [0.1, 0.15) is 6.04 Å². The van der Waals surface area contributed by atoms with Crippen LogP contribution in [-0.2, 0) is 14.4 Å². The van der Waals surface area contributed by atoms with Gasteiger partial charge < -0.3 is 15.5 Å². The second-order valence-corrected chi connectivity index (χ2v) is 5.88. The van der Waals surface area contributed by atoms with Crippen molar-refractivity contribution >= 4 is 35.0 Å². The topological polar surface area (TPSA) is 78.5 Å². The number of amides is 3. The predicted octanol–water partition coefficient (Wildman–Crippen LogP) is 1.87. The highest BCUT2D eigenvalue weighted by atomic mass is 35.5. The number of carbonyl (C=O) groups excluding carboxylic acids is 3. The van der Waals surface area contributed by atoms with Gasteiger partial charge in [0, 0.05) is 23.8 Å². The molecule has 1 aliphatic heterocycles. The molecule has 136 valence electrons. The number of nitrogens with zero attached hydrogens (tertiary/aromatic N) is 1. The number of benzene rings is 1. The maximum Gasteiger partial charge on any atom is 0.471 e. The van der Waals surface area contributed by atoms with E-state index < -0.39 is 36.4 Å². The first-order chi connectivity index (χ1) is 11.6. The minimum absolute atomic E-state index is 0.105. The Hall–Kier alpha value is -2.29. The molecule has 1 heterocycles. The molecule has 2 rings (SSSR count). The molecule has 1 aromatic carbocycles. The maximum absolute atomic E-state index is 12.7. The number of rotatable bonds is 3. The summed E-state index contributed by atoms with van der Waals surface area (Å²) in [7, 11) is 0. The minimum atomic E-state index is -5.12. The van der Waals surface area contributed by atoms with Gasteiger partial charge in [-0.15, -0.1) is 0 Å². The van der Waals surface area contributed by atoms with Gasteiger partial charge in [-0.25, -0.2) is 0 Å². The average Bonchev–Trinajstić information content (AvgIpc) is 2.52. The van der Waals surface area contributed by atoms with Crippen LogP contribution in [-0.4, -0.2) is 47.9 Å². The smallest absolute Gasteiger partial charge is 0.353 e. The highest BCUT2D eigenvalue weighted by molar-refractivity contribution is 6.31. The fraction of sp³-hybridized carbons (Fsp3) is 0.400. The molecule has 1 aliphatic rings. The first-order valence-electron chi connectivity index (χ1n) is 7.31. The SMILES string of the molecule is Cc1c(Cl)cccc1NC(=O)C[C@@H]1C(=O)NCCN1C(=O)C(F)(F)F. The van der Waals surface area contributed by atoms with Crippen molar-refractivity contribution < 1.29 is 27.6 Å². The summed E-state index contributed by atoms with van der Waals surface area (Å²) in [4.78, 5) is 35.9. The Bertz CT molecular complexity index is 709. The lowest BCUT2D eigenvalue weighted by Crippen LogP contribution is -2.60. The highest BCUT2D eigenvalue weighted by Crippen LogP contribution is 2.25. The summed E-state index contributed by atoms with van der Waals surface area (Å²) in [5.74, 6) is -3.65. The van der Waals surface area contributed by atoms with E-state index >= 15 is 0 Å². The van der Waals surface area contributed by atoms with Gasteiger partial charge in [-0.3, -0.25) is 14.4 Å². The van der Waals surface area contributed by atoms with Crippen molar-refractivity contribution in [3.8, 4) is 0 Å². The molecule has 0 radical (unpaired) electrons. The van der Waals surface area contributed by atoms with Gasteiger partial charge in [-0.2, -0.15) is 13.2 Å². The summed E-state index contributed by atoms with van der Waals surface area (Å²) in [6.07, 6.45) is -5.71. The number of carbonyl (C=O) groups is 3. The van der Waals surface area contributed by atoms with Gasteiger partial charge in [-0.05, 0) is 24.6 Å². The Balaban J connectivity index is 2.14. The molecular formula is C15H15ClF3N3O3. The number of nitrogens with one attached hydrogen (secondary N) is 2. The van der Waals surface area contributed by atoms with Gasteiger partial charge in [0.2, 0.25) is 11.8 Å². The maximum atomic E-state index is 12.7. The van der Waals surface area contributed by atoms with Crippen LogP contribution in [0.25, 0.3) is 0 Å². The molecule has 0 aromatic heterocycles. The van der Waals surface area contributed by atoms with E-state index in [2.05, 4.69) is 10.6 Å². The van der Waals surface area contributed by atoms with Crippen molar-refractivity contribution in [3.05, 3.63) is 28.8 Å². The molecular weight excluding hydrogens is 363 g/mol. The molecule has 10 heteroatoms. The fourth-order valence-electron chi connectivity index (χ4n) is 2.44. The Labute approximate surface area is 146 Å². The number of hydrogen-bond donors (Lipinski definition) is 2. The lowest BCUT2D eigenvalue weighted by Gasteiger charge is -2.35. The zero-order chi connectivity index (χ0) is 18.8. The lowest BCUT2D eigenvalue weighted by molar-refractivity contribution is -0.189. The molecule has 25 heavy (non-hydrogen) atoms. The van der Waals surface area contributed by atoms with E-state index in [4.69, 9.17) is 11.6 Å². The van der Waals surface area contributed by atoms with Crippen LogP contribution in [0.3, 0.4) is 0 Å². The van der Waals surface area contributed by atoms with E-state index in [0.717, 1.165) is 0 Å². The summed E-state index contributed by atoms with van der Waals surface area (Å²) in [6, 6.07) is 3.25. The Morgan fingerprint density at radius 1 is 1.40 bits per heavy atom. The molecule has 0 unspecified atom stereocenters. The van der Waals surface area contributed by atoms with E-state index in [9.17, 15) is 27.6 Å². The molecule has 1 saturated heterocycles. The van der Waals surface area contributed by atoms with E-state index in [0.29, 0.717) is 21.2 Å². The summed E-state index contributed by atoms with van der Waals surface area (Å²) >= 11 is 5.93. The van der Waals surface area contributed by atoms with Crippen LogP contribution in [0.4, 0.5) is 18.9 Å². The molecule has 1 aromatic rings. The molecule has 1 fully saturated rings. The van der Waals surface area contributed by atoms with E-state index in [1.807, 2.05) is 0 Å². The molecule has 3 amide bonds. The normalized spacial score (nSPS) is 17.9. The average molecular weight is 378 g/mol. The van der Waals surface area contributed by atoms with Crippen LogP contribution in [0, 0.1) is 6.92 Å². The molecule has 2 N–H and O–H groups in total. The minimum Gasteiger partial charge on any atom is -0.353 e. The standard InChI is InChI=1S/C15H15ClF3N3O3/c1-8-9(16)3-2-4-10(8)21-12(23)7-11-13(24)20-5-6-22(11)14(25)15(17,18)19/h2-4,11H,5-7H2,1H3,(H,20,24)(H,21,23)/t11-/m1/s1. The van der Waals surface area contributed by atoms with Gasteiger partial charge in [0.25, 0.3) is 0 Å². The van der Waals surface area contributed by atoms with Crippen LogP contribution in [0.5, 0.6) is 0 Å². The second-order valence-electron chi connectivity index (χ2n) is 5.47. The van der Waals surface area contributed by atoms with Crippen molar-refractivity contribution in [2.45, 2.75) is 25.6 Å². The van der Waals surface area contributed by atoms with Crippen LogP contribution in [0.2, 0.25) is 5.02 Å². The predicted molar refractivity (Wildman–Crippen MR) is 84.0 cm³/mol. The highest BCUT2D eigenvalue weighted by Gasteiger charge is 2.47. The molecule has 0 saturated carbocycles. The molecule has 1 atom stereocenters. The van der Waals surface area contributed by atoms with Gasteiger partial charge in [0.15, 0.2) is 0 Å². The quantitative estimate of drug-likeness (QED) is 0.844. The second kappa shape index (κ2) is 7.30. The van der Waals surface area contributed by atoms with Gasteiger partial charge in [-0.1, -0.05) is 17.7 Å². The van der Waals surface area contributed by atoms with E-state index in [-0.39, 0.29) is 13.1 Å². The monoisotopic (exact) mass is 377 g/mol. The van der Waals surface area contributed by atoms with E-state index in [1.165, 1.54) is 0 Å². The zero-order valence-corrected chi connectivity index (χ0v) is 13.9. The van der Waals surface area contributed by atoms with Crippen LogP contribution < -0.4 is 10.6 Å².